The topological polar surface area (TPSA) is 15.3 Å². The zero-order valence-electron chi connectivity index (χ0n) is 11.7. The molecule has 0 aliphatic heterocycles. The lowest BCUT2D eigenvalue weighted by molar-refractivity contribution is 0.0727. The molecule has 98 valence electrons. The van der Waals surface area contributed by atoms with Crippen LogP contribution in [-0.4, -0.2) is 37.1 Å². The van der Waals surface area contributed by atoms with Crippen LogP contribution in [0.2, 0.25) is 0 Å². The number of hydrogen-bond acceptors (Lipinski definition) is 2. The van der Waals surface area contributed by atoms with Gasteiger partial charge in [-0.05, 0) is 50.7 Å². The number of hydrogen-bond donors (Lipinski definition) is 1. The van der Waals surface area contributed by atoms with Gasteiger partial charge in [0, 0.05) is 6.04 Å². The van der Waals surface area contributed by atoms with E-state index in [4.69, 9.17) is 6.42 Å². The van der Waals surface area contributed by atoms with E-state index in [1.807, 2.05) is 0 Å². The minimum absolute atomic E-state index is 0.727. The highest BCUT2D eigenvalue weighted by molar-refractivity contribution is 4.96. The molecule has 0 amide bonds. The van der Waals surface area contributed by atoms with E-state index in [0.717, 1.165) is 44.1 Å². The Kier molecular flexibility index (Phi) is 6.62. The number of nitrogens with one attached hydrogen (secondary N) is 1. The van der Waals surface area contributed by atoms with Crippen molar-refractivity contribution in [1.82, 2.24) is 10.2 Å². The summed E-state index contributed by atoms with van der Waals surface area (Å²) in [5, 5.41) is 3.58. The molecule has 2 heteroatoms. The molecule has 0 heterocycles. The van der Waals surface area contributed by atoms with Gasteiger partial charge in [-0.2, -0.15) is 0 Å². The monoisotopic (exact) mass is 236 g/mol. The molecular weight excluding hydrogens is 208 g/mol. The Morgan fingerprint density at radius 2 is 2.18 bits per heavy atom. The maximum Gasteiger partial charge on any atom is 0.0601 e. The summed E-state index contributed by atoms with van der Waals surface area (Å²) in [6.07, 6.45) is 9.34. The molecule has 1 aliphatic carbocycles. The maximum absolute atomic E-state index is 5.45. The molecule has 0 spiro atoms. The van der Waals surface area contributed by atoms with E-state index in [0.29, 0.717) is 0 Å². The van der Waals surface area contributed by atoms with Crippen molar-refractivity contribution in [1.29, 1.82) is 0 Å². The van der Waals surface area contributed by atoms with Crippen molar-refractivity contribution in [3.05, 3.63) is 0 Å². The summed E-state index contributed by atoms with van der Waals surface area (Å²) in [6, 6.07) is 0.727. The number of nitrogens with zero attached hydrogens (tertiary/aromatic N) is 1. The Labute approximate surface area is 107 Å². The molecule has 17 heavy (non-hydrogen) atoms. The van der Waals surface area contributed by atoms with E-state index in [1.165, 1.54) is 19.3 Å². The Morgan fingerprint density at radius 1 is 1.41 bits per heavy atom. The molecule has 0 aromatic carbocycles. The first-order chi connectivity index (χ1) is 8.19. The number of terminal acetylenes is 1. The molecule has 1 N–H and O–H groups in total. The van der Waals surface area contributed by atoms with Gasteiger partial charge in [-0.15, -0.1) is 6.42 Å². The Hall–Kier alpha value is -0.520. The van der Waals surface area contributed by atoms with E-state index < -0.39 is 0 Å². The van der Waals surface area contributed by atoms with Gasteiger partial charge in [-0.1, -0.05) is 26.7 Å². The molecule has 2 unspecified atom stereocenters. The first-order valence-electron chi connectivity index (χ1n) is 7.07. The molecule has 0 bridgehead atoms. The van der Waals surface area contributed by atoms with Crippen LogP contribution >= 0.6 is 0 Å². The van der Waals surface area contributed by atoms with Crippen LogP contribution in [0.1, 0.15) is 40.0 Å². The van der Waals surface area contributed by atoms with Gasteiger partial charge in [0.1, 0.15) is 0 Å². The highest BCUT2D eigenvalue weighted by Crippen LogP contribution is 2.31. The van der Waals surface area contributed by atoms with E-state index in [-0.39, 0.29) is 0 Å². The van der Waals surface area contributed by atoms with Gasteiger partial charge < -0.3 is 5.32 Å². The second-order valence-corrected chi connectivity index (χ2v) is 5.63. The highest BCUT2D eigenvalue weighted by Gasteiger charge is 2.34. The van der Waals surface area contributed by atoms with Crippen LogP contribution in [0.3, 0.4) is 0 Å². The van der Waals surface area contributed by atoms with Crippen LogP contribution in [0, 0.1) is 24.2 Å². The van der Waals surface area contributed by atoms with Crippen molar-refractivity contribution in [2.45, 2.75) is 46.1 Å². The SMILES string of the molecule is C#CCN(CCC)C1CCC1CNCC(C)C. The summed E-state index contributed by atoms with van der Waals surface area (Å²) in [7, 11) is 0. The third-order valence-corrected chi connectivity index (χ3v) is 3.61. The molecule has 1 saturated carbocycles. The zero-order chi connectivity index (χ0) is 12.7. The maximum atomic E-state index is 5.45. The fraction of sp³-hybridized carbons (Fsp3) is 0.867. The lowest BCUT2D eigenvalue weighted by Gasteiger charge is -2.44. The molecule has 1 aliphatic rings. The standard InChI is InChI=1S/C15H28N2/c1-5-9-17(10-6-2)15-8-7-14(15)12-16-11-13(3)4/h1,13-16H,6-12H2,2-4H3. The molecule has 1 rings (SSSR count). The average molecular weight is 236 g/mol. The molecule has 1 fully saturated rings. The average Bonchev–Trinajstić information content (AvgIpc) is 2.23. The van der Waals surface area contributed by atoms with Gasteiger partial charge in [-0.3, -0.25) is 4.90 Å². The smallest absolute Gasteiger partial charge is 0.0601 e. The second-order valence-electron chi connectivity index (χ2n) is 5.63. The van der Waals surface area contributed by atoms with Crippen molar-refractivity contribution in [3.8, 4) is 12.3 Å². The lowest BCUT2D eigenvalue weighted by atomic mass is 9.78. The number of rotatable bonds is 8. The lowest BCUT2D eigenvalue weighted by Crippen LogP contribution is -2.51. The van der Waals surface area contributed by atoms with E-state index in [2.05, 4.69) is 36.9 Å². The normalized spacial score (nSPS) is 23.8. The fourth-order valence-electron chi connectivity index (χ4n) is 2.59. The molecule has 0 saturated heterocycles. The summed E-state index contributed by atoms with van der Waals surface area (Å²) in [5.74, 6) is 4.36. The summed E-state index contributed by atoms with van der Waals surface area (Å²) in [4.78, 5) is 2.49. The van der Waals surface area contributed by atoms with E-state index in [1.54, 1.807) is 0 Å². The summed E-state index contributed by atoms with van der Waals surface area (Å²) in [5.41, 5.74) is 0. The van der Waals surface area contributed by atoms with Crippen LogP contribution in [0.4, 0.5) is 0 Å². The van der Waals surface area contributed by atoms with Crippen LogP contribution in [-0.2, 0) is 0 Å². The van der Waals surface area contributed by atoms with Crippen molar-refractivity contribution < 1.29 is 0 Å². The summed E-state index contributed by atoms with van der Waals surface area (Å²) in [6.45, 7) is 11.0. The quantitative estimate of drug-likeness (QED) is 0.651. The zero-order valence-corrected chi connectivity index (χ0v) is 11.7. The van der Waals surface area contributed by atoms with Crippen LogP contribution in [0.15, 0.2) is 0 Å². The van der Waals surface area contributed by atoms with Gasteiger partial charge in [0.05, 0.1) is 6.54 Å². The van der Waals surface area contributed by atoms with Crippen molar-refractivity contribution in [3.63, 3.8) is 0 Å². The largest absolute Gasteiger partial charge is 0.316 e. The van der Waals surface area contributed by atoms with E-state index >= 15 is 0 Å². The van der Waals surface area contributed by atoms with Gasteiger partial charge >= 0.3 is 0 Å². The second kappa shape index (κ2) is 7.74. The van der Waals surface area contributed by atoms with Gasteiger partial charge in [0.15, 0.2) is 0 Å². The Morgan fingerprint density at radius 3 is 2.65 bits per heavy atom. The van der Waals surface area contributed by atoms with Crippen LogP contribution in [0.25, 0.3) is 0 Å². The third kappa shape index (κ3) is 4.69. The highest BCUT2D eigenvalue weighted by atomic mass is 15.2. The minimum atomic E-state index is 0.727. The minimum Gasteiger partial charge on any atom is -0.316 e. The predicted molar refractivity (Wildman–Crippen MR) is 74.9 cm³/mol. The Balaban J connectivity index is 2.30. The molecule has 0 aromatic rings. The summed E-state index contributed by atoms with van der Waals surface area (Å²) >= 11 is 0. The van der Waals surface area contributed by atoms with Crippen LogP contribution < -0.4 is 5.32 Å². The predicted octanol–water partition coefficient (Wildman–Crippen LogP) is 2.36. The molecule has 0 aromatic heterocycles. The Bertz CT molecular complexity index is 242. The molecule has 2 atom stereocenters. The first-order valence-corrected chi connectivity index (χ1v) is 7.07. The van der Waals surface area contributed by atoms with Crippen molar-refractivity contribution in [2.24, 2.45) is 11.8 Å². The molecular formula is C15H28N2. The van der Waals surface area contributed by atoms with Gasteiger partial charge in [0.25, 0.3) is 0 Å². The van der Waals surface area contributed by atoms with Gasteiger partial charge in [-0.25, -0.2) is 0 Å². The van der Waals surface area contributed by atoms with Crippen molar-refractivity contribution in [2.75, 3.05) is 26.2 Å². The fourth-order valence-corrected chi connectivity index (χ4v) is 2.59. The molecule has 2 nitrogen and oxygen atoms in total. The van der Waals surface area contributed by atoms with Crippen LogP contribution in [0.5, 0.6) is 0 Å². The third-order valence-electron chi connectivity index (χ3n) is 3.61. The van der Waals surface area contributed by atoms with Crippen molar-refractivity contribution >= 4 is 0 Å². The molecule has 0 radical (unpaired) electrons. The van der Waals surface area contributed by atoms with Gasteiger partial charge in [0.2, 0.25) is 0 Å². The first kappa shape index (κ1) is 14.5. The van der Waals surface area contributed by atoms with E-state index in [9.17, 15) is 0 Å². The summed E-state index contributed by atoms with van der Waals surface area (Å²) < 4.78 is 0.